The summed E-state index contributed by atoms with van der Waals surface area (Å²) in [5, 5.41) is 18.6. The summed E-state index contributed by atoms with van der Waals surface area (Å²) in [6, 6.07) is -0.574. The van der Waals surface area contributed by atoms with Crippen molar-refractivity contribution in [2.24, 2.45) is 0 Å². The van der Waals surface area contributed by atoms with Crippen molar-refractivity contribution in [3.63, 3.8) is 0 Å². The van der Waals surface area contributed by atoms with Crippen molar-refractivity contribution in [2.75, 3.05) is 6.61 Å². The molecular weight excluding hydrogens is 214 g/mol. The van der Waals surface area contributed by atoms with Crippen LogP contribution in [-0.2, 0) is 13.8 Å². The van der Waals surface area contributed by atoms with Gasteiger partial charge in [0.05, 0.1) is 12.6 Å². The smallest absolute Gasteiger partial charge is 0.388 e. The number of aliphatic hydroxyl groups is 2. The molecule has 7 nitrogen and oxygen atoms in total. The van der Waals surface area contributed by atoms with Gasteiger partial charge in [0.15, 0.2) is 0 Å². The summed E-state index contributed by atoms with van der Waals surface area (Å²) >= 11 is 0. The van der Waals surface area contributed by atoms with Crippen LogP contribution in [0, 0.1) is 0 Å². The van der Waals surface area contributed by atoms with Crippen molar-refractivity contribution < 1.29 is 33.8 Å². The quantitative estimate of drug-likeness (QED) is 0.302. The van der Waals surface area contributed by atoms with Crippen LogP contribution in [0.5, 0.6) is 0 Å². The fourth-order valence-corrected chi connectivity index (χ4v) is 1.58. The third-order valence-electron chi connectivity index (χ3n) is 2.01. The number of hydrogen-bond acceptors (Lipinski definition) is 5. The van der Waals surface area contributed by atoms with E-state index < -0.39 is 38.7 Å². The molecule has 2 unspecified atom stereocenters. The zero-order valence-electron chi connectivity index (χ0n) is 7.48. The fraction of sp³-hybridized carbons (Fsp3) is 1.00. The molecule has 0 aromatic rings. The highest BCUT2D eigenvalue weighted by atomic mass is 31.2. The zero-order valence-corrected chi connectivity index (χ0v) is 8.37. The molecule has 82 valence electrons. The first-order chi connectivity index (χ1) is 6.31. The lowest BCUT2D eigenvalue weighted by molar-refractivity contribution is -0.00874. The molecule has 9 heteroatoms. The first-order valence-corrected chi connectivity index (χ1v) is 5.56. The molecule has 1 aliphatic heterocycles. The van der Waals surface area contributed by atoms with Crippen LogP contribution in [0.1, 0.15) is 0 Å². The second-order valence-electron chi connectivity index (χ2n) is 3.15. The third kappa shape index (κ3) is 3.03. The molecule has 0 spiro atoms. The molecule has 0 aliphatic carbocycles. The highest BCUT2D eigenvalue weighted by Crippen LogP contribution is 2.36. The Morgan fingerprint density at radius 2 is 1.93 bits per heavy atom. The molecule has 1 aliphatic rings. The van der Waals surface area contributed by atoms with Gasteiger partial charge in [0, 0.05) is 0 Å². The number of phosphoric acid groups is 1. The van der Waals surface area contributed by atoms with Crippen molar-refractivity contribution in [1.29, 1.82) is 0 Å². The van der Waals surface area contributed by atoms with E-state index in [2.05, 4.69) is 4.52 Å². The van der Waals surface area contributed by atoms with E-state index in [1.807, 2.05) is 0 Å². The predicted octanol–water partition coefficient (Wildman–Crippen LogP) is -2.82. The topological polar surface area (TPSA) is 116 Å². The van der Waals surface area contributed by atoms with Gasteiger partial charge in [-0.25, -0.2) is 4.57 Å². The lowest BCUT2D eigenvalue weighted by Gasteiger charge is -2.14. The summed E-state index contributed by atoms with van der Waals surface area (Å²) in [6.45, 7) is -0.452. The second-order valence-corrected chi connectivity index (χ2v) is 4.39. The first-order valence-electron chi connectivity index (χ1n) is 4.03. The molecule has 0 bridgehead atoms. The molecule has 4 N–H and O–H groups in total. The van der Waals surface area contributed by atoms with Gasteiger partial charge in [0.2, 0.25) is 0 Å². The Labute approximate surface area is 81.3 Å². The number of phosphoric ester groups is 1. The van der Waals surface area contributed by atoms with Crippen LogP contribution >= 0.6 is 7.82 Å². The molecule has 0 aromatic carbocycles. The maximum Gasteiger partial charge on any atom is 0.469 e. The number of ether oxygens (including phenoxy) is 1. The number of hydrogen-bond donors (Lipinski definition) is 4. The Bertz CT molecular complexity index is 242. The number of rotatable bonds is 3. The van der Waals surface area contributed by atoms with E-state index in [1.165, 1.54) is 0 Å². The first kappa shape index (κ1) is 12.1. The normalized spacial score (nSPS) is 38.9. The van der Waals surface area contributed by atoms with Crippen molar-refractivity contribution in [3.05, 3.63) is 0 Å². The average Bonchev–Trinajstić information content (AvgIpc) is 2.28. The van der Waals surface area contributed by atoms with Gasteiger partial charge in [-0.3, -0.25) is 4.52 Å². The lowest BCUT2D eigenvalue weighted by atomic mass is 9.93. The second kappa shape index (κ2) is 4.28. The average molecular weight is 226 g/mol. The molecule has 0 aromatic heterocycles. The molecule has 1 heterocycles. The molecule has 4 atom stereocenters. The van der Waals surface area contributed by atoms with E-state index in [9.17, 15) is 14.8 Å². The van der Waals surface area contributed by atoms with Gasteiger partial charge in [-0.15, -0.1) is 0 Å². The molecule has 14 heavy (non-hydrogen) atoms. The lowest BCUT2D eigenvalue weighted by Crippen LogP contribution is -2.34. The maximum atomic E-state index is 10.3. The van der Waals surface area contributed by atoms with E-state index in [0.29, 0.717) is 0 Å². The highest BCUT2D eigenvalue weighted by Gasteiger charge is 2.40. The molecule has 0 saturated carbocycles. The minimum Gasteiger partial charge on any atom is -0.388 e. The van der Waals surface area contributed by atoms with Crippen LogP contribution in [0.2, 0.25) is 0 Å². The van der Waals surface area contributed by atoms with Crippen LogP contribution < -0.4 is 0 Å². The Morgan fingerprint density at radius 3 is 2.29 bits per heavy atom. The predicted molar refractivity (Wildman–Crippen MR) is 47.2 cm³/mol. The molecule has 0 radical (unpaired) electrons. The van der Waals surface area contributed by atoms with Gasteiger partial charge in [-0.2, -0.15) is 0 Å². The van der Waals surface area contributed by atoms with E-state index in [1.54, 1.807) is 7.85 Å². The fourth-order valence-electron chi connectivity index (χ4n) is 1.24. The van der Waals surface area contributed by atoms with E-state index >= 15 is 0 Å². The SMILES string of the molecule is B[C@@H]1O[C@H](COP(=O)(O)O)C(O)C1O. The zero-order chi connectivity index (χ0) is 10.9. The molecular formula is C5H12BO7P. The monoisotopic (exact) mass is 226 g/mol. The van der Waals surface area contributed by atoms with Crippen molar-refractivity contribution in [3.8, 4) is 0 Å². The van der Waals surface area contributed by atoms with Crippen LogP contribution in [-0.4, -0.2) is 58.8 Å². The van der Waals surface area contributed by atoms with E-state index in [4.69, 9.17) is 14.5 Å². The minimum atomic E-state index is -4.56. The summed E-state index contributed by atoms with van der Waals surface area (Å²) in [4.78, 5) is 16.8. The maximum absolute atomic E-state index is 10.3. The summed E-state index contributed by atoms with van der Waals surface area (Å²) in [5.74, 6) is 0. The van der Waals surface area contributed by atoms with Crippen LogP contribution in [0.3, 0.4) is 0 Å². The third-order valence-corrected chi connectivity index (χ3v) is 2.49. The Hall–Kier alpha value is 0.0549. The minimum absolute atomic E-state index is 0.452. The van der Waals surface area contributed by atoms with Crippen LogP contribution in [0.25, 0.3) is 0 Å². The summed E-state index contributed by atoms with van der Waals surface area (Å²) in [5.41, 5.74) is 0. The molecule has 1 saturated heterocycles. The Kier molecular flexibility index (Phi) is 3.71. The van der Waals surface area contributed by atoms with Crippen molar-refractivity contribution >= 4 is 15.7 Å². The van der Waals surface area contributed by atoms with Crippen molar-refractivity contribution in [2.45, 2.75) is 24.3 Å². The summed E-state index contributed by atoms with van der Waals surface area (Å²) < 4.78 is 19.5. The molecule has 1 fully saturated rings. The molecule has 0 amide bonds. The Morgan fingerprint density at radius 1 is 1.36 bits per heavy atom. The number of aliphatic hydroxyl groups excluding tert-OH is 2. The van der Waals surface area contributed by atoms with Crippen molar-refractivity contribution in [1.82, 2.24) is 0 Å². The van der Waals surface area contributed by atoms with Gasteiger partial charge in [0.25, 0.3) is 0 Å². The highest BCUT2D eigenvalue weighted by molar-refractivity contribution is 7.46. The van der Waals surface area contributed by atoms with Gasteiger partial charge in [-0.05, 0) is 0 Å². The van der Waals surface area contributed by atoms with Gasteiger partial charge in [0.1, 0.15) is 26.2 Å². The van der Waals surface area contributed by atoms with E-state index in [-0.39, 0.29) is 0 Å². The van der Waals surface area contributed by atoms with Gasteiger partial charge < -0.3 is 24.7 Å². The molecule has 1 rings (SSSR count). The van der Waals surface area contributed by atoms with E-state index in [0.717, 1.165) is 0 Å². The largest absolute Gasteiger partial charge is 0.469 e. The Balaban J connectivity index is 2.44. The summed E-state index contributed by atoms with van der Waals surface area (Å²) in [7, 11) is -3.01. The summed E-state index contributed by atoms with van der Waals surface area (Å²) in [6.07, 6.45) is -3.15. The van der Waals surface area contributed by atoms with Crippen LogP contribution in [0.15, 0.2) is 0 Å². The van der Waals surface area contributed by atoms with Gasteiger partial charge >= 0.3 is 7.82 Å². The van der Waals surface area contributed by atoms with Gasteiger partial charge in [-0.1, -0.05) is 0 Å². The van der Waals surface area contributed by atoms with Crippen LogP contribution in [0.4, 0.5) is 0 Å². The standard InChI is InChI=1S/C5H12BO7P/c6-5-4(8)3(7)2(13-5)1-12-14(9,10)11/h2-5,7-8H,1,6H2,(H2,9,10,11)/t2-,3?,4?,5-/m1/s1.